The molecule has 11 heavy (non-hydrogen) atoms. The third-order valence-electron chi connectivity index (χ3n) is 1.34. The standard InChI is InChI=1S/C6H13O4P/c1-6(5-7)3-2-4-11(8,9)10/h5-6H,2-4H2,1H3,(H2,8,9,10). The molecular formula is C6H13O4P. The molecule has 0 rings (SSSR count). The number of rotatable bonds is 5. The Labute approximate surface area is 65.8 Å². The first kappa shape index (κ1) is 10.8. The molecule has 1 atom stereocenters. The molecule has 5 heteroatoms. The first-order chi connectivity index (χ1) is 4.95. The van der Waals surface area contributed by atoms with Gasteiger partial charge in [0, 0.05) is 12.1 Å². The van der Waals surface area contributed by atoms with Crippen molar-refractivity contribution < 1.29 is 19.1 Å². The number of aldehydes is 1. The molecule has 4 nitrogen and oxygen atoms in total. The van der Waals surface area contributed by atoms with Gasteiger partial charge in [-0.05, 0) is 12.8 Å². The highest BCUT2D eigenvalue weighted by Crippen LogP contribution is 2.35. The molecule has 0 aromatic heterocycles. The highest BCUT2D eigenvalue weighted by molar-refractivity contribution is 7.51. The molecule has 0 aromatic rings. The summed E-state index contributed by atoms with van der Waals surface area (Å²) in [6, 6.07) is 0. The normalized spacial score (nSPS) is 14.5. The quantitative estimate of drug-likeness (QED) is 0.484. The lowest BCUT2D eigenvalue weighted by Gasteiger charge is -2.04. The van der Waals surface area contributed by atoms with Crippen LogP contribution in [-0.2, 0) is 9.36 Å². The maximum atomic E-state index is 10.3. The Balaban J connectivity index is 3.42. The van der Waals surface area contributed by atoms with Crippen molar-refractivity contribution in [3.05, 3.63) is 0 Å². The average Bonchev–Trinajstić information content (AvgIpc) is 1.85. The van der Waals surface area contributed by atoms with E-state index in [1.54, 1.807) is 6.92 Å². The van der Waals surface area contributed by atoms with Crippen LogP contribution in [0.15, 0.2) is 0 Å². The smallest absolute Gasteiger partial charge is 0.324 e. The molecule has 0 aliphatic carbocycles. The summed E-state index contributed by atoms with van der Waals surface area (Å²) < 4.78 is 10.3. The molecule has 0 aliphatic rings. The third kappa shape index (κ3) is 7.72. The summed E-state index contributed by atoms with van der Waals surface area (Å²) >= 11 is 0. The lowest BCUT2D eigenvalue weighted by molar-refractivity contribution is -0.110. The summed E-state index contributed by atoms with van der Waals surface area (Å²) in [5, 5.41) is 0. The minimum Gasteiger partial charge on any atom is -0.324 e. The van der Waals surface area contributed by atoms with Crippen LogP contribution in [0.3, 0.4) is 0 Å². The second-order valence-corrected chi connectivity index (χ2v) is 4.42. The molecule has 0 saturated carbocycles. The lowest BCUT2D eigenvalue weighted by atomic mass is 10.1. The molecule has 0 saturated heterocycles. The monoisotopic (exact) mass is 180 g/mol. The molecule has 0 bridgehead atoms. The fraction of sp³-hybridized carbons (Fsp3) is 0.833. The van der Waals surface area contributed by atoms with Crippen LogP contribution in [0, 0.1) is 5.92 Å². The van der Waals surface area contributed by atoms with Gasteiger partial charge >= 0.3 is 7.60 Å². The molecule has 66 valence electrons. The van der Waals surface area contributed by atoms with Gasteiger partial charge in [-0.25, -0.2) is 0 Å². The van der Waals surface area contributed by atoms with Crippen LogP contribution in [-0.4, -0.2) is 22.2 Å². The first-order valence-corrected chi connectivity index (χ1v) is 5.25. The summed E-state index contributed by atoms with van der Waals surface area (Å²) in [6.07, 6.45) is 1.63. The van der Waals surface area contributed by atoms with Gasteiger partial charge in [0.05, 0.1) is 0 Å². The molecular weight excluding hydrogens is 167 g/mol. The second kappa shape index (κ2) is 4.65. The first-order valence-electron chi connectivity index (χ1n) is 3.45. The molecule has 0 fully saturated rings. The van der Waals surface area contributed by atoms with Crippen molar-refractivity contribution in [2.45, 2.75) is 19.8 Å². The summed E-state index contributed by atoms with van der Waals surface area (Å²) in [5.74, 6) is -0.0958. The van der Waals surface area contributed by atoms with E-state index in [-0.39, 0.29) is 12.1 Å². The van der Waals surface area contributed by atoms with E-state index in [2.05, 4.69) is 0 Å². The Kier molecular flexibility index (Phi) is 4.57. The van der Waals surface area contributed by atoms with Gasteiger partial charge in [-0.15, -0.1) is 0 Å². The van der Waals surface area contributed by atoms with E-state index in [1.807, 2.05) is 0 Å². The zero-order valence-corrected chi connectivity index (χ0v) is 7.33. The van der Waals surface area contributed by atoms with Crippen LogP contribution < -0.4 is 0 Å². The Morgan fingerprint density at radius 1 is 1.55 bits per heavy atom. The highest BCUT2D eigenvalue weighted by Gasteiger charge is 2.12. The molecule has 0 aliphatic heterocycles. The fourth-order valence-electron chi connectivity index (χ4n) is 0.687. The van der Waals surface area contributed by atoms with Crippen molar-refractivity contribution in [3.63, 3.8) is 0 Å². The molecule has 0 radical (unpaired) electrons. The SMILES string of the molecule is CC(C=O)CCCP(=O)(O)O. The van der Waals surface area contributed by atoms with Gasteiger partial charge in [-0.1, -0.05) is 6.92 Å². The number of carbonyl (C=O) groups is 1. The van der Waals surface area contributed by atoms with Gasteiger partial charge in [0.1, 0.15) is 6.29 Å². The van der Waals surface area contributed by atoms with Crippen molar-refractivity contribution >= 4 is 13.9 Å². The van der Waals surface area contributed by atoms with E-state index in [4.69, 9.17) is 9.79 Å². The summed E-state index contributed by atoms with van der Waals surface area (Å²) in [6.45, 7) is 1.73. The Morgan fingerprint density at radius 2 is 2.09 bits per heavy atom. The van der Waals surface area contributed by atoms with E-state index in [0.29, 0.717) is 12.8 Å². The minimum absolute atomic E-state index is 0.0958. The molecule has 0 spiro atoms. The topological polar surface area (TPSA) is 74.6 Å². The molecule has 0 heterocycles. The maximum absolute atomic E-state index is 10.3. The summed E-state index contributed by atoms with van der Waals surface area (Å²) in [7, 11) is -3.85. The van der Waals surface area contributed by atoms with Crippen LogP contribution in [0.5, 0.6) is 0 Å². The van der Waals surface area contributed by atoms with Crippen molar-refractivity contribution in [2.75, 3.05) is 6.16 Å². The van der Waals surface area contributed by atoms with Crippen LogP contribution in [0.4, 0.5) is 0 Å². The van der Waals surface area contributed by atoms with E-state index in [9.17, 15) is 9.36 Å². The van der Waals surface area contributed by atoms with Crippen molar-refractivity contribution in [3.8, 4) is 0 Å². The van der Waals surface area contributed by atoms with E-state index in [0.717, 1.165) is 6.29 Å². The van der Waals surface area contributed by atoms with E-state index >= 15 is 0 Å². The van der Waals surface area contributed by atoms with Crippen LogP contribution in [0.25, 0.3) is 0 Å². The highest BCUT2D eigenvalue weighted by atomic mass is 31.2. The van der Waals surface area contributed by atoms with Gasteiger partial charge in [0.15, 0.2) is 0 Å². The molecule has 0 aromatic carbocycles. The van der Waals surface area contributed by atoms with Crippen LogP contribution >= 0.6 is 7.60 Å². The van der Waals surface area contributed by atoms with Gasteiger partial charge in [0.25, 0.3) is 0 Å². The van der Waals surface area contributed by atoms with E-state index in [1.165, 1.54) is 0 Å². The van der Waals surface area contributed by atoms with Gasteiger partial charge < -0.3 is 14.6 Å². The second-order valence-electron chi connectivity index (χ2n) is 2.64. The zero-order valence-electron chi connectivity index (χ0n) is 6.43. The van der Waals surface area contributed by atoms with Gasteiger partial charge in [0.2, 0.25) is 0 Å². The molecule has 2 N–H and O–H groups in total. The fourth-order valence-corrected chi connectivity index (χ4v) is 1.28. The lowest BCUT2D eigenvalue weighted by Crippen LogP contribution is -1.97. The van der Waals surface area contributed by atoms with Gasteiger partial charge in [-0.2, -0.15) is 0 Å². The predicted molar refractivity (Wildman–Crippen MR) is 41.4 cm³/mol. The minimum atomic E-state index is -3.85. The van der Waals surface area contributed by atoms with Gasteiger partial charge in [-0.3, -0.25) is 4.57 Å². The van der Waals surface area contributed by atoms with Crippen molar-refractivity contribution in [1.29, 1.82) is 0 Å². The van der Waals surface area contributed by atoms with Crippen molar-refractivity contribution in [2.24, 2.45) is 5.92 Å². The average molecular weight is 180 g/mol. The van der Waals surface area contributed by atoms with Crippen LogP contribution in [0.1, 0.15) is 19.8 Å². The van der Waals surface area contributed by atoms with Crippen LogP contribution in [0.2, 0.25) is 0 Å². The Morgan fingerprint density at radius 3 is 2.45 bits per heavy atom. The molecule has 0 amide bonds. The predicted octanol–water partition coefficient (Wildman–Crippen LogP) is 0.779. The zero-order chi connectivity index (χ0) is 8.91. The van der Waals surface area contributed by atoms with Crippen molar-refractivity contribution in [1.82, 2.24) is 0 Å². The maximum Gasteiger partial charge on any atom is 0.325 e. The number of hydrogen-bond donors (Lipinski definition) is 2. The number of carbonyl (C=O) groups excluding carboxylic acids is 1. The van der Waals surface area contributed by atoms with E-state index < -0.39 is 7.60 Å². The Hall–Kier alpha value is -0.180. The third-order valence-corrected chi connectivity index (χ3v) is 2.24. The summed E-state index contributed by atoms with van der Waals surface area (Å²) in [5.41, 5.74) is 0. The molecule has 1 unspecified atom stereocenters. The Bertz CT molecular complexity index is 162. The number of hydrogen-bond acceptors (Lipinski definition) is 2. The largest absolute Gasteiger partial charge is 0.325 e. The summed E-state index contributed by atoms with van der Waals surface area (Å²) in [4.78, 5) is 26.9.